The number of hydrogen-bond acceptors (Lipinski definition) is 10. The third kappa shape index (κ3) is 7.89. The number of aromatic amines is 1. The Labute approximate surface area is 271 Å². The van der Waals surface area contributed by atoms with Crippen LogP contribution < -0.4 is 15.4 Å². The van der Waals surface area contributed by atoms with Gasteiger partial charge in [-0.3, -0.25) is 14.5 Å². The van der Waals surface area contributed by atoms with E-state index in [1.807, 2.05) is 37.3 Å². The van der Waals surface area contributed by atoms with E-state index >= 15 is 0 Å². The van der Waals surface area contributed by atoms with Crippen LogP contribution in [0.5, 0.6) is 0 Å². The SMILES string of the molecule is Cc1cc(C)c(S(=O)(=O)N[C@@H](CNC(=O)C2=NOC3(C2)CC(CNc2ncc[nH]2)N(C(=O)OCc2ccccc2)C3)C(=O)O)c(C)c1. The Morgan fingerprint density at radius 1 is 1.17 bits per heavy atom. The summed E-state index contributed by atoms with van der Waals surface area (Å²) in [7, 11) is -4.23. The lowest BCUT2D eigenvalue weighted by molar-refractivity contribution is -0.138. The summed E-state index contributed by atoms with van der Waals surface area (Å²) in [6, 6.07) is 10.6. The number of oxime groups is 1. The van der Waals surface area contributed by atoms with Crippen LogP contribution in [0.1, 0.15) is 35.1 Å². The average Bonchev–Trinajstić information content (AvgIpc) is 3.77. The highest BCUT2D eigenvalue weighted by atomic mass is 32.2. The number of aryl methyl sites for hydroxylation is 3. The predicted octanol–water partition coefficient (Wildman–Crippen LogP) is 2.22. The number of carboxylic acid groups (broad SMARTS) is 1. The van der Waals surface area contributed by atoms with Crippen LogP contribution in [0.15, 0.2) is 64.9 Å². The number of imidazole rings is 1. The van der Waals surface area contributed by atoms with E-state index in [4.69, 9.17) is 9.57 Å². The Kier molecular flexibility index (Phi) is 9.81. The molecule has 15 nitrogen and oxygen atoms in total. The molecular formula is C31H37N7O8S. The Balaban J connectivity index is 1.22. The van der Waals surface area contributed by atoms with Crippen LogP contribution >= 0.6 is 0 Å². The van der Waals surface area contributed by atoms with Gasteiger partial charge in [-0.2, -0.15) is 4.72 Å². The first kappa shape index (κ1) is 33.4. The summed E-state index contributed by atoms with van der Waals surface area (Å²) < 4.78 is 34.1. The van der Waals surface area contributed by atoms with E-state index in [1.165, 1.54) is 4.90 Å². The van der Waals surface area contributed by atoms with Crippen molar-refractivity contribution in [3.63, 3.8) is 0 Å². The Hall–Kier alpha value is -4.96. The number of rotatable bonds is 12. The van der Waals surface area contributed by atoms with Crippen molar-refractivity contribution in [2.75, 3.05) is 25.0 Å². The minimum absolute atomic E-state index is 0.0136. The molecule has 3 atom stereocenters. The number of nitrogens with zero attached hydrogens (tertiary/aromatic N) is 3. The number of aliphatic carboxylic acids is 1. The van der Waals surface area contributed by atoms with Crippen LogP contribution in [-0.2, 0) is 35.8 Å². The van der Waals surface area contributed by atoms with Crippen molar-refractivity contribution in [2.45, 2.75) is 62.8 Å². The second-order valence-corrected chi connectivity index (χ2v) is 13.4. The zero-order chi connectivity index (χ0) is 33.8. The quantitative estimate of drug-likeness (QED) is 0.191. The fraction of sp³-hybridized carbons (Fsp3) is 0.387. The number of hydrogen-bond donors (Lipinski definition) is 5. The number of carboxylic acids is 1. The van der Waals surface area contributed by atoms with Crippen molar-refractivity contribution in [3.8, 4) is 0 Å². The number of amides is 2. The van der Waals surface area contributed by atoms with Gasteiger partial charge in [-0.1, -0.05) is 53.2 Å². The molecule has 16 heteroatoms. The van der Waals surface area contributed by atoms with Gasteiger partial charge in [0.15, 0.2) is 11.5 Å². The molecule has 1 saturated heterocycles. The van der Waals surface area contributed by atoms with E-state index in [0.29, 0.717) is 30.0 Å². The maximum atomic E-state index is 13.2. The molecule has 0 aliphatic carbocycles. The van der Waals surface area contributed by atoms with Gasteiger partial charge in [0.25, 0.3) is 5.91 Å². The van der Waals surface area contributed by atoms with Crippen molar-refractivity contribution in [1.82, 2.24) is 24.9 Å². The van der Waals surface area contributed by atoms with Crippen LogP contribution in [-0.4, -0.2) is 89.4 Å². The molecule has 2 aromatic carbocycles. The number of anilines is 1. The smallest absolute Gasteiger partial charge is 0.410 e. The van der Waals surface area contributed by atoms with Crippen LogP contribution in [0.4, 0.5) is 10.7 Å². The van der Waals surface area contributed by atoms with E-state index in [2.05, 4.69) is 30.5 Å². The summed E-state index contributed by atoms with van der Waals surface area (Å²) in [5.74, 6) is -1.67. The van der Waals surface area contributed by atoms with E-state index < -0.39 is 52.2 Å². The van der Waals surface area contributed by atoms with Crippen molar-refractivity contribution < 1.29 is 37.5 Å². The van der Waals surface area contributed by atoms with Gasteiger partial charge in [-0.15, -0.1) is 0 Å². The monoisotopic (exact) mass is 667 g/mol. The summed E-state index contributed by atoms with van der Waals surface area (Å²) in [5.41, 5.74) is 1.59. The van der Waals surface area contributed by atoms with E-state index in [0.717, 1.165) is 11.1 Å². The molecule has 0 radical (unpaired) electrons. The number of ether oxygens (including phenoxy) is 1. The second-order valence-electron chi connectivity index (χ2n) is 11.8. The van der Waals surface area contributed by atoms with Crippen molar-refractivity contribution in [2.24, 2.45) is 5.16 Å². The molecule has 250 valence electrons. The van der Waals surface area contributed by atoms with Crippen LogP contribution in [0.3, 0.4) is 0 Å². The Bertz CT molecular complexity index is 1740. The van der Waals surface area contributed by atoms with Crippen molar-refractivity contribution >= 4 is 39.7 Å². The molecule has 2 aliphatic heterocycles. The normalized spacial score (nSPS) is 19.6. The maximum absolute atomic E-state index is 13.2. The molecule has 5 rings (SSSR count). The van der Waals surface area contributed by atoms with Crippen LogP contribution in [0.25, 0.3) is 0 Å². The summed E-state index contributed by atoms with van der Waals surface area (Å²) >= 11 is 0. The van der Waals surface area contributed by atoms with Crippen LogP contribution in [0.2, 0.25) is 0 Å². The van der Waals surface area contributed by atoms with E-state index in [1.54, 1.807) is 38.4 Å². The number of aromatic nitrogens is 2. The fourth-order valence-corrected chi connectivity index (χ4v) is 7.61. The van der Waals surface area contributed by atoms with Crippen LogP contribution in [0, 0.1) is 20.8 Å². The summed E-state index contributed by atoms with van der Waals surface area (Å²) in [5, 5.41) is 19.4. The summed E-state index contributed by atoms with van der Waals surface area (Å²) in [6.45, 7) is 5.01. The number of carbonyl (C=O) groups excluding carboxylic acids is 2. The third-order valence-electron chi connectivity index (χ3n) is 7.99. The summed E-state index contributed by atoms with van der Waals surface area (Å²) in [4.78, 5) is 52.7. The first-order chi connectivity index (χ1) is 22.4. The molecule has 0 saturated carbocycles. The van der Waals surface area contributed by atoms with Gasteiger partial charge < -0.3 is 30.3 Å². The highest BCUT2D eigenvalue weighted by Gasteiger charge is 2.53. The molecule has 47 heavy (non-hydrogen) atoms. The molecule has 0 bridgehead atoms. The van der Waals surface area contributed by atoms with Gasteiger partial charge in [-0.05, 0) is 37.5 Å². The minimum Gasteiger partial charge on any atom is -0.480 e. The van der Waals surface area contributed by atoms with Gasteiger partial charge in [0.05, 0.1) is 17.5 Å². The first-order valence-electron chi connectivity index (χ1n) is 14.9. The molecule has 3 heterocycles. The topological polar surface area (TPSA) is 204 Å². The van der Waals surface area contributed by atoms with Crippen molar-refractivity contribution in [3.05, 3.63) is 77.1 Å². The number of nitrogens with one attached hydrogen (secondary N) is 4. The lowest BCUT2D eigenvalue weighted by Crippen LogP contribution is -2.49. The van der Waals surface area contributed by atoms with Gasteiger partial charge in [0.2, 0.25) is 10.0 Å². The first-order valence-corrected chi connectivity index (χ1v) is 16.4. The predicted molar refractivity (Wildman–Crippen MR) is 170 cm³/mol. The third-order valence-corrected chi connectivity index (χ3v) is 9.76. The number of sulfonamides is 1. The minimum atomic E-state index is -4.23. The molecule has 2 aliphatic rings. The Morgan fingerprint density at radius 2 is 1.89 bits per heavy atom. The van der Waals surface area contributed by atoms with E-state index in [-0.39, 0.29) is 30.2 Å². The molecular weight excluding hydrogens is 630 g/mol. The second kappa shape index (κ2) is 13.8. The van der Waals surface area contributed by atoms with Gasteiger partial charge in [-0.25, -0.2) is 18.2 Å². The van der Waals surface area contributed by atoms with Gasteiger partial charge >= 0.3 is 12.1 Å². The maximum Gasteiger partial charge on any atom is 0.410 e. The lowest BCUT2D eigenvalue weighted by Gasteiger charge is -2.24. The van der Waals surface area contributed by atoms with Crippen molar-refractivity contribution in [1.29, 1.82) is 0 Å². The summed E-state index contributed by atoms with van der Waals surface area (Å²) in [6.07, 6.45) is 3.04. The molecule has 2 unspecified atom stereocenters. The largest absolute Gasteiger partial charge is 0.480 e. The van der Waals surface area contributed by atoms with Gasteiger partial charge in [0.1, 0.15) is 18.4 Å². The number of carbonyl (C=O) groups is 3. The highest BCUT2D eigenvalue weighted by molar-refractivity contribution is 7.89. The van der Waals surface area contributed by atoms with E-state index in [9.17, 15) is 27.9 Å². The molecule has 1 aromatic heterocycles. The average molecular weight is 668 g/mol. The molecule has 5 N–H and O–H groups in total. The number of benzene rings is 2. The zero-order valence-corrected chi connectivity index (χ0v) is 27.0. The number of likely N-dealkylation sites (tertiary alicyclic amines) is 1. The fourth-order valence-electron chi connectivity index (χ4n) is 5.97. The van der Waals surface area contributed by atoms with Gasteiger partial charge in [0, 0.05) is 38.3 Å². The highest BCUT2D eigenvalue weighted by Crippen LogP contribution is 2.38. The molecule has 1 spiro atoms. The molecule has 3 aromatic rings. The number of H-pyrrole nitrogens is 1. The molecule has 1 fully saturated rings. The standard InChI is InChI=1S/C31H37N7O8S/c1-19-11-20(2)26(21(3)12-19)47(43,44)37-25(28(40)41)16-34-27(39)24-14-31(46-36-24)13-23(15-35-29-32-9-10-33-29)38(18-31)30(42)45-17-22-7-5-4-6-8-22/h4-12,23,25,37H,13-18H2,1-3H3,(H,34,39)(H,40,41)(H2,32,33,35)/t23?,25-,31?/m0/s1. The zero-order valence-electron chi connectivity index (χ0n) is 26.1. The Morgan fingerprint density at radius 3 is 2.55 bits per heavy atom. The lowest BCUT2D eigenvalue weighted by atomic mass is 9.94. The molecule has 2 amide bonds.